The monoisotopic (exact) mass is 558 g/mol. The van der Waals surface area contributed by atoms with Crippen molar-refractivity contribution in [1.29, 1.82) is 0 Å². The molecule has 1 aliphatic heterocycles. The maximum atomic E-state index is 13.6. The Morgan fingerprint density at radius 1 is 1.05 bits per heavy atom. The summed E-state index contributed by atoms with van der Waals surface area (Å²) in [6, 6.07) is 12.2. The second-order valence-electron chi connectivity index (χ2n) is 9.56. The number of nitrogens with one attached hydrogen (secondary N) is 2. The second kappa shape index (κ2) is 11.4. The van der Waals surface area contributed by atoms with E-state index in [1.807, 2.05) is 18.2 Å². The zero-order valence-corrected chi connectivity index (χ0v) is 24.1. The van der Waals surface area contributed by atoms with E-state index < -0.39 is 22.2 Å². The van der Waals surface area contributed by atoms with Crippen molar-refractivity contribution < 1.29 is 17.7 Å². The van der Waals surface area contributed by atoms with Crippen molar-refractivity contribution in [3.05, 3.63) is 48.2 Å². The van der Waals surface area contributed by atoms with E-state index in [0.29, 0.717) is 41.0 Å². The van der Waals surface area contributed by atoms with Gasteiger partial charge >= 0.3 is 0 Å². The summed E-state index contributed by atoms with van der Waals surface area (Å²) in [4.78, 5) is 7.05. The van der Waals surface area contributed by atoms with Gasteiger partial charge in [0.25, 0.3) is 0 Å². The summed E-state index contributed by atoms with van der Waals surface area (Å²) in [6.07, 6.45) is 1.32. The van der Waals surface area contributed by atoms with Crippen LogP contribution in [0.4, 0.5) is 23.1 Å². The molecule has 2 N–H and O–H groups in total. The normalized spacial score (nSPS) is 15.8. The summed E-state index contributed by atoms with van der Waals surface area (Å²) in [5, 5.41) is 14.8. The van der Waals surface area contributed by atoms with Crippen LogP contribution in [0, 0.1) is 6.92 Å². The Balaban J connectivity index is 1.59. The van der Waals surface area contributed by atoms with Crippen molar-refractivity contribution in [2.75, 3.05) is 49.7 Å². The van der Waals surface area contributed by atoms with Gasteiger partial charge in [-0.25, -0.2) is 8.42 Å². The Bertz CT molecular complexity index is 1450. The highest BCUT2D eigenvalue weighted by Crippen LogP contribution is 2.47. The molecule has 0 saturated carbocycles. The van der Waals surface area contributed by atoms with Crippen molar-refractivity contribution >= 4 is 45.4 Å². The summed E-state index contributed by atoms with van der Waals surface area (Å²) in [6.45, 7) is 9.78. The largest absolute Gasteiger partial charge is 0.495 e. The van der Waals surface area contributed by atoms with Crippen LogP contribution in [-0.4, -0.2) is 72.8 Å². The summed E-state index contributed by atoms with van der Waals surface area (Å²) >= 11 is 0. The molecule has 0 bridgehead atoms. The zero-order valence-electron chi connectivity index (χ0n) is 22.4. The molecule has 1 saturated heterocycles. The molecule has 1 fully saturated rings. The van der Waals surface area contributed by atoms with E-state index in [1.54, 1.807) is 52.1 Å². The van der Waals surface area contributed by atoms with Crippen molar-refractivity contribution in [1.82, 2.24) is 20.1 Å². The number of aryl methyl sites for hydroxylation is 1. The number of sulfone groups is 1. The standard InChI is InChI=1S/C26H35N6O4PS/c1-6-32-13-15-37(33,16-14-32)20-11-12-21(23(17-20)36-5)28-26-29-25(19(4)30-31-26)27-22-9-7-8-10-24(22)38(34,35)18(2)3/h7-12,17-18H,6,13-16H2,1-5H3,(H2,27,28,29,31). The van der Waals surface area contributed by atoms with E-state index in [0.717, 1.165) is 24.9 Å². The van der Waals surface area contributed by atoms with Crippen LogP contribution in [-0.2, 0) is 14.4 Å². The number of rotatable bonds is 9. The molecule has 0 atom stereocenters. The van der Waals surface area contributed by atoms with Gasteiger partial charge in [-0.2, -0.15) is 4.98 Å². The fourth-order valence-electron chi connectivity index (χ4n) is 4.31. The number of anilines is 4. The fraction of sp³-hybridized carbons (Fsp3) is 0.423. The minimum atomic E-state index is -3.52. The molecule has 0 spiro atoms. The van der Waals surface area contributed by atoms with Crippen LogP contribution in [0.5, 0.6) is 5.75 Å². The van der Waals surface area contributed by atoms with E-state index >= 15 is 0 Å². The highest BCUT2D eigenvalue weighted by molar-refractivity contribution is 7.92. The van der Waals surface area contributed by atoms with Gasteiger partial charge in [-0.1, -0.05) is 19.1 Å². The molecule has 3 aromatic rings. The third-order valence-electron chi connectivity index (χ3n) is 6.83. The van der Waals surface area contributed by atoms with Gasteiger partial charge in [0.2, 0.25) is 5.95 Å². The van der Waals surface area contributed by atoms with E-state index in [1.165, 1.54) is 0 Å². The van der Waals surface area contributed by atoms with Crippen molar-refractivity contribution in [3.8, 4) is 5.75 Å². The van der Waals surface area contributed by atoms with Crippen LogP contribution in [0.2, 0.25) is 0 Å². The van der Waals surface area contributed by atoms with Gasteiger partial charge in [0.15, 0.2) is 15.7 Å². The first-order valence-electron chi connectivity index (χ1n) is 12.6. The molecule has 2 heterocycles. The molecular weight excluding hydrogens is 523 g/mol. The number of nitrogens with zero attached hydrogens (tertiary/aromatic N) is 4. The predicted molar refractivity (Wildman–Crippen MR) is 152 cm³/mol. The van der Waals surface area contributed by atoms with E-state index in [2.05, 4.69) is 37.6 Å². The Hall–Kier alpha value is -3.01. The highest BCUT2D eigenvalue weighted by atomic mass is 32.2. The van der Waals surface area contributed by atoms with Gasteiger partial charge in [0, 0.05) is 30.7 Å². The molecule has 2 aromatic carbocycles. The fourth-order valence-corrected chi connectivity index (χ4v) is 8.16. The van der Waals surface area contributed by atoms with Crippen LogP contribution in [0.1, 0.15) is 26.5 Å². The number of hydrogen-bond donors (Lipinski definition) is 2. The lowest BCUT2D eigenvalue weighted by Gasteiger charge is -2.31. The second-order valence-corrected chi connectivity index (χ2v) is 15.2. The number of methoxy groups -OCH3 is 1. The van der Waals surface area contributed by atoms with E-state index in [4.69, 9.17) is 4.74 Å². The van der Waals surface area contributed by atoms with Gasteiger partial charge in [-0.3, -0.25) is 0 Å². The number of ether oxygens (including phenoxy) is 1. The Morgan fingerprint density at radius 2 is 1.76 bits per heavy atom. The molecule has 0 amide bonds. The van der Waals surface area contributed by atoms with Crippen LogP contribution >= 0.6 is 7.14 Å². The average Bonchev–Trinajstić information content (AvgIpc) is 2.91. The first-order chi connectivity index (χ1) is 18.1. The quantitative estimate of drug-likeness (QED) is 0.369. The Kier molecular flexibility index (Phi) is 8.40. The molecule has 12 heteroatoms. The third-order valence-corrected chi connectivity index (χ3v) is 12.1. The minimum Gasteiger partial charge on any atom is -0.495 e. The van der Waals surface area contributed by atoms with Gasteiger partial charge < -0.3 is 24.8 Å². The maximum absolute atomic E-state index is 13.6. The highest BCUT2D eigenvalue weighted by Gasteiger charge is 2.30. The summed E-state index contributed by atoms with van der Waals surface area (Å²) in [5.74, 6) is 1.11. The SMILES string of the molecule is CCN1CCP(=O)(c2ccc(Nc3nnc(C)c(Nc4ccccc4S(=O)(=O)C(C)C)n3)c(OC)c2)CC1. The molecule has 0 aliphatic carbocycles. The zero-order chi connectivity index (χ0) is 27.5. The predicted octanol–water partition coefficient (Wildman–Crippen LogP) is 4.18. The molecule has 1 aromatic heterocycles. The van der Waals surface area contributed by atoms with Gasteiger partial charge in [-0.05, 0) is 57.6 Å². The molecule has 1 aliphatic rings. The summed E-state index contributed by atoms with van der Waals surface area (Å²) in [5.41, 5.74) is 1.53. The lowest BCUT2D eigenvalue weighted by molar-refractivity contribution is 0.312. The first-order valence-corrected chi connectivity index (χ1v) is 16.3. The van der Waals surface area contributed by atoms with Crippen molar-refractivity contribution in [2.45, 2.75) is 37.8 Å². The number of hydrogen-bond acceptors (Lipinski definition) is 10. The van der Waals surface area contributed by atoms with E-state index in [-0.39, 0.29) is 10.8 Å². The minimum absolute atomic E-state index is 0.194. The number of aromatic nitrogens is 3. The Morgan fingerprint density at radius 3 is 2.42 bits per heavy atom. The van der Waals surface area contributed by atoms with Crippen molar-refractivity contribution in [3.63, 3.8) is 0 Å². The van der Waals surface area contributed by atoms with E-state index in [9.17, 15) is 13.0 Å². The van der Waals surface area contributed by atoms with Crippen LogP contribution in [0.3, 0.4) is 0 Å². The molecule has 10 nitrogen and oxygen atoms in total. The van der Waals surface area contributed by atoms with Gasteiger partial charge in [0.1, 0.15) is 18.6 Å². The molecular formula is C26H35N6O4PS. The number of benzene rings is 2. The average molecular weight is 559 g/mol. The maximum Gasteiger partial charge on any atom is 0.249 e. The lowest BCUT2D eigenvalue weighted by Crippen LogP contribution is -2.36. The molecule has 4 rings (SSSR count). The molecule has 38 heavy (non-hydrogen) atoms. The molecule has 0 unspecified atom stereocenters. The van der Waals surface area contributed by atoms with Crippen LogP contribution < -0.4 is 20.7 Å². The smallest absolute Gasteiger partial charge is 0.249 e. The van der Waals surface area contributed by atoms with Gasteiger partial charge in [0.05, 0.1) is 28.6 Å². The van der Waals surface area contributed by atoms with Crippen molar-refractivity contribution in [2.24, 2.45) is 0 Å². The first kappa shape index (κ1) is 28.0. The topological polar surface area (TPSA) is 126 Å². The number of para-hydroxylation sites is 1. The summed E-state index contributed by atoms with van der Waals surface area (Å²) in [7, 11) is -4.44. The van der Waals surface area contributed by atoms with Crippen LogP contribution in [0.25, 0.3) is 0 Å². The van der Waals surface area contributed by atoms with Gasteiger partial charge in [-0.15, -0.1) is 10.2 Å². The third kappa shape index (κ3) is 5.85. The Labute approximate surface area is 224 Å². The summed E-state index contributed by atoms with van der Waals surface area (Å²) < 4.78 is 45.0. The van der Waals surface area contributed by atoms with Crippen LogP contribution in [0.15, 0.2) is 47.4 Å². The molecule has 0 radical (unpaired) electrons. The lowest BCUT2D eigenvalue weighted by atomic mass is 10.3. The molecule has 204 valence electrons.